The van der Waals surface area contributed by atoms with Crippen LogP contribution in [0.5, 0.6) is 0 Å². The van der Waals surface area contributed by atoms with Gasteiger partial charge in [0.2, 0.25) is 11.6 Å². The summed E-state index contributed by atoms with van der Waals surface area (Å²) in [4.78, 5) is 23.8. The molecular weight excluding hydrogens is 199 g/mol. The van der Waals surface area contributed by atoms with Gasteiger partial charge in [0.05, 0.1) is 0 Å². The number of hydrogen-bond acceptors (Lipinski definition) is 2. The molecule has 0 aromatic rings. The highest BCUT2D eigenvalue weighted by Gasteiger charge is 2.56. The zero-order chi connectivity index (χ0) is 11.3. The molecule has 85 valence electrons. The van der Waals surface area contributed by atoms with E-state index in [4.69, 9.17) is 0 Å². The summed E-state index contributed by atoms with van der Waals surface area (Å²) < 4.78 is 0. The van der Waals surface area contributed by atoms with Crippen molar-refractivity contribution in [1.82, 2.24) is 0 Å². The van der Waals surface area contributed by atoms with Crippen LogP contribution in [0.15, 0.2) is 0 Å². The number of carbonyl (C=O) groups excluding carboxylic acids is 2. The molecule has 5 unspecified atom stereocenters. The first-order chi connectivity index (χ1) is 7.74. The predicted octanol–water partition coefficient (Wildman–Crippen LogP) is 2.12. The molecule has 0 bridgehead atoms. The molecule has 0 spiro atoms. The van der Waals surface area contributed by atoms with Crippen molar-refractivity contribution in [3.8, 4) is 0 Å². The molecule has 3 saturated carbocycles. The van der Waals surface area contributed by atoms with Gasteiger partial charge in [0.15, 0.2) is 0 Å². The van der Waals surface area contributed by atoms with E-state index in [1.54, 1.807) is 0 Å². The average Bonchev–Trinajstić information content (AvgIpc) is 2.57. The molecule has 2 nitrogen and oxygen atoms in total. The van der Waals surface area contributed by atoms with Gasteiger partial charge in [0.25, 0.3) is 0 Å². The van der Waals surface area contributed by atoms with Gasteiger partial charge in [0.1, 0.15) is 7.28 Å². The Kier molecular flexibility index (Phi) is 2.45. The quantitative estimate of drug-likeness (QED) is 0.498. The zero-order valence-corrected chi connectivity index (χ0v) is 9.82. The second-order valence-electron chi connectivity index (χ2n) is 5.69. The lowest BCUT2D eigenvalue weighted by Gasteiger charge is -2.44. The summed E-state index contributed by atoms with van der Waals surface area (Å²) in [5.41, 5.74) is 0. The Balaban J connectivity index is 1.95. The first-order valence-corrected chi connectivity index (χ1v) is 6.61. The van der Waals surface area contributed by atoms with Crippen LogP contribution in [0.4, 0.5) is 0 Å². The van der Waals surface area contributed by atoms with Gasteiger partial charge in [-0.25, -0.2) is 0 Å². The van der Waals surface area contributed by atoms with Crippen molar-refractivity contribution in [1.29, 1.82) is 0 Å². The van der Waals surface area contributed by atoms with Crippen molar-refractivity contribution < 1.29 is 9.59 Å². The Labute approximate surface area is 97.4 Å². The minimum Gasteiger partial charge on any atom is -0.291 e. The second-order valence-corrected chi connectivity index (χ2v) is 5.69. The first-order valence-electron chi connectivity index (χ1n) is 6.61. The number of ketones is 2. The van der Waals surface area contributed by atoms with Gasteiger partial charge in [-0.3, -0.25) is 9.59 Å². The normalized spacial score (nSPS) is 46.7. The van der Waals surface area contributed by atoms with Crippen molar-refractivity contribution >= 4 is 18.8 Å². The van der Waals surface area contributed by atoms with Crippen molar-refractivity contribution in [2.75, 3.05) is 0 Å². The summed E-state index contributed by atoms with van der Waals surface area (Å²) in [5, 5.41) is 0. The Hall–Kier alpha value is -0.595. The van der Waals surface area contributed by atoms with Crippen LogP contribution in [-0.4, -0.2) is 18.8 Å². The summed E-state index contributed by atoms with van der Waals surface area (Å²) in [5.74, 6) is 1.82. The van der Waals surface area contributed by atoms with Gasteiger partial charge in [-0.1, -0.05) is 31.9 Å². The molecule has 3 heteroatoms. The van der Waals surface area contributed by atoms with Crippen LogP contribution in [-0.2, 0) is 9.59 Å². The molecule has 0 N–H and O–H groups in total. The topological polar surface area (TPSA) is 34.1 Å². The maximum atomic E-state index is 11.9. The highest BCUT2D eigenvalue weighted by molar-refractivity contribution is 6.41. The maximum absolute atomic E-state index is 11.9. The molecule has 3 rings (SSSR count). The van der Waals surface area contributed by atoms with Gasteiger partial charge in [-0.15, -0.1) is 0 Å². The fourth-order valence-corrected chi connectivity index (χ4v) is 4.50. The van der Waals surface area contributed by atoms with E-state index in [2.05, 4.69) is 14.1 Å². The predicted molar refractivity (Wildman–Crippen MR) is 62.4 cm³/mol. The summed E-state index contributed by atoms with van der Waals surface area (Å²) in [6.07, 6.45) is 5.42. The van der Waals surface area contributed by atoms with E-state index in [-0.39, 0.29) is 23.4 Å². The molecule has 5 atom stereocenters. The maximum Gasteiger partial charge on any atom is 0.202 e. The van der Waals surface area contributed by atoms with E-state index in [1.807, 2.05) is 0 Å². The molecule has 3 fully saturated rings. The molecule has 0 saturated heterocycles. The minimum absolute atomic E-state index is 0.0311. The van der Waals surface area contributed by atoms with Crippen LogP contribution in [0.3, 0.4) is 0 Å². The van der Waals surface area contributed by atoms with Crippen LogP contribution in [0.1, 0.15) is 32.1 Å². The SMILES string of the molecule is C[B]C1CCC2C(=O)C(=O)C3CCCC1C32. The van der Waals surface area contributed by atoms with E-state index >= 15 is 0 Å². The number of rotatable bonds is 1. The minimum atomic E-state index is -0.0311. The molecule has 1 radical (unpaired) electrons. The largest absolute Gasteiger partial charge is 0.291 e. The summed E-state index contributed by atoms with van der Waals surface area (Å²) in [7, 11) is 2.30. The smallest absolute Gasteiger partial charge is 0.202 e. The number of Topliss-reactive ketones (excluding diaryl/α,β-unsaturated/α-hetero) is 2. The van der Waals surface area contributed by atoms with Crippen LogP contribution < -0.4 is 0 Å². The highest BCUT2D eigenvalue weighted by atomic mass is 16.2. The molecule has 0 heterocycles. The summed E-state index contributed by atoms with van der Waals surface area (Å²) in [6.45, 7) is 2.13. The van der Waals surface area contributed by atoms with Crippen LogP contribution in [0, 0.1) is 23.7 Å². The fourth-order valence-electron chi connectivity index (χ4n) is 4.50. The monoisotopic (exact) mass is 217 g/mol. The second kappa shape index (κ2) is 3.71. The third-order valence-electron chi connectivity index (χ3n) is 5.18. The van der Waals surface area contributed by atoms with E-state index in [1.165, 1.54) is 6.42 Å². The lowest BCUT2D eigenvalue weighted by atomic mass is 9.49. The standard InChI is InChI=1S/C13H18BO2/c1-14-10-6-5-9-11-7(10)3-2-4-8(11)12(15)13(9)16/h7-11H,2-6H2,1H3. The van der Waals surface area contributed by atoms with Crippen LogP contribution >= 0.6 is 0 Å². The molecule has 0 amide bonds. The zero-order valence-electron chi connectivity index (χ0n) is 9.82. The third-order valence-corrected chi connectivity index (χ3v) is 5.18. The van der Waals surface area contributed by atoms with Gasteiger partial charge in [-0.2, -0.15) is 0 Å². The van der Waals surface area contributed by atoms with Crippen molar-refractivity contribution in [2.24, 2.45) is 23.7 Å². The van der Waals surface area contributed by atoms with E-state index < -0.39 is 0 Å². The Bertz CT molecular complexity index is 323. The molecule has 0 aromatic carbocycles. The van der Waals surface area contributed by atoms with E-state index in [0.29, 0.717) is 17.7 Å². The van der Waals surface area contributed by atoms with Gasteiger partial charge >= 0.3 is 0 Å². The molecule has 0 aliphatic heterocycles. The average molecular weight is 217 g/mol. The first kappa shape index (κ1) is 10.6. The van der Waals surface area contributed by atoms with Crippen molar-refractivity contribution in [3.05, 3.63) is 0 Å². The van der Waals surface area contributed by atoms with Crippen molar-refractivity contribution in [3.63, 3.8) is 0 Å². The molecule has 3 aliphatic rings. The lowest BCUT2D eigenvalue weighted by molar-refractivity contribution is -0.137. The molecular formula is C13H18BO2. The van der Waals surface area contributed by atoms with Crippen LogP contribution in [0.25, 0.3) is 0 Å². The molecule has 16 heavy (non-hydrogen) atoms. The summed E-state index contributed by atoms with van der Waals surface area (Å²) >= 11 is 0. The molecule has 3 aliphatic carbocycles. The summed E-state index contributed by atoms with van der Waals surface area (Å²) in [6, 6.07) is 0. The van der Waals surface area contributed by atoms with E-state index in [0.717, 1.165) is 25.7 Å². The Morgan fingerprint density at radius 1 is 1.00 bits per heavy atom. The fraction of sp³-hybridized carbons (Fsp3) is 0.846. The Morgan fingerprint density at radius 3 is 2.38 bits per heavy atom. The van der Waals surface area contributed by atoms with Gasteiger partial charge in [0, 0.05) is 11.8 Å². The highest BCUT2D eigenvalue weighted by Crippen LogP contribution is 2.55. The number of hydrogen-bond donors (Lipinski definition) is 0. The van der Waals surface area contributed by atoms with Crippen LogP contribution in [0.2, 0.25) is 12.6 Å². The van der Waals surface area contributed by atoms with E-state index in [9.17, 15) is 9.59 Å². The van der Waals surface area contributed by atoms with Gasteiger partial charge in [-0.05, 0) is 24.7 Å². The van der Waals surface area contributed by atoms with Crippen molar-refractivity contribution in [2.45, 2.75) is 44.7 Å². The molecule has 0 aromatic heterocycles. The third kappa shape index (κ3) is 1.26. The number of carbonyl (C=O) groups is 2. The lowest BCUT2D eigenvalue weighted by Crippen LogP contribution is -2.38. The van der Waals surface area contributed by atoms with Gasteiger partial charge < -0.3 is 0 Å². The Morgan fingerprint density at radius 2 is 1.69 bits per heavy atom.